The lowest BCUT2D eigenvalue weighted by Gasteiger charge is -2.28. The van der Waals surface area contributed by atoms with Gasteiger partial charge < -0.3 is 4.74 Å². The quantitative estimate of drug-likeness (QED) is 0.727. The van der Waals surface area contributed by atoms with E-state index in [9.17, 15) is 8.42 Å². The van der Waals surface area contributed by atoms with Gasteiger partial charge >= 0.3 is 0 Å². The van der Waals surface area contributed by atoms with Gasteiger partial charge in [-0.2, -0.15) is 0 Å². The number of rotatable bonds is 5. The second-order valence-electron chi connectivity index (χ2n) is 4.34. The van der Waals surface area contributed by atoms with Gasteiger partial charge in [-0.05, 0) is 18.8 Å². The number of sulfonamides is 1. The lowest BCUT2D eigenvalue weighted by Crippen LogP contribution is -2.31. The second kappa shape index (κ2) is 5.82. The summed E-state index contributed by atoms with van der Waals surface area (Å²) in [5.74, 6) is 0.608. The van der Waals surface area contributed by atoms with E-state index in [1.807, 2.05) is 0 Å². The molecule has 1 saturated carbocycles. The molecule has 0 saturated heterocycles. The van der Waals surface area contributed by atoms with Crippen LogP contribution in [0.3, 0.4) is 0 Å². The fraction of sp³-hybridized carbons (Fsp3) is 1.00. The highest BCUT2D eigenvalue weighted by atomic mass is 32.2. The van der Waals surface area contributed by atoms with Gasteiger partial charge in [0.25, 0.3) is 0 Å². The van der Waals surface area contributed by atoms with Gasteiger partial charge in [-0.3, -0.25) is 0 Å². The standard InChI is InChI=1S/C10H21NO3S/c1-9-5-3-4-6-10(9)14-8-7-11-15(2,12)13/h9-11H,3-8H2,1-2H3/t9-,10-/m1/s1. The van der Waals surface area contributed by atoms with Crippen LogP contribution in [-0.4, -0.2) is 33.9 Å². The summed E-state index contributed by atoms with van der Waals surface area (Å²) in [5.41, 5.74) is 0. The monoisotopic (exact) mass is 235 g/mol. The predicted molar refractivity (Wildman–Crippen MR) is 60.2 cm³/mol. The van der Waals surface area contributed by atoms with Crippen LogP contribution in [0.15, 0.2) is 0 Å². The highest BCUT2D eigenvalue weighted by molar-refractivity contribution is 7.88. The van der Waals surface area contributed by atoms with Gasteiger partial charge in [0.15, 0.2) is 0 Å². The first-order chi connectivity index (χ1) is 6.99. The van der Waals surface area contributed by atoms with Gasteiger partial charge in [-0.15, -0.1) is 0 Å². The molecular weight excluding hydrogens is 214 g/mol. The van der Waals surface area contributed by atoms with Crippen molar-refractivity contribution in [3.63, 3.8) is 0 Å². The number of hydrogen-bond donors (Lipinski definition) is 1. The summed E-state index contributed by atoms with van der Waals surface area (Å²) in [5, 5.41) is 0. The van der Waals surface area contributed by atoms with Crippen LogP contribution in [0, 0.1) is 5.92 Å². The van der Waals surface area contributed by atoms with Crippen LogP contribution >= 0.6 is 0 Å². The molecule has 0 radical (unpaired) electrons. The van der Waals surface area contributed by atoms with Crippen LogP contribution in [0.25, 0.3) is 0 Å². The Morgan fingerprint density at radius 2 is 2.00 bits per heavy atom. The molecule has 1 rings (SSSR count). The first kappa shape index (κ1) is 12.9. The molecule has 0 bridgehead atoms. The third kappa shape index (κ3) is 5.49. The maximum Gasteiger partial charge on any atom is 0.208 e. The molecule has 0 aliphatic heterocycles. The maximum absolute atomic E-state index is 10.8. The molecule has 0 aromatic heterocycles. The van der Waals surface area contributed by atoms with Crippen molar-refractivity contribution >= 4 is 10.0 Å². The second-order valence-corrected chi connectivity index (χ2v) is 6.17. The Hall–Kier alpha value is -0.130. The fourth-order valence-electron chi connectivity index (χ4n) is 1.97. The van der Waals surface area contributed by atoms with E-state index < -0.39 is 10.0 Å². The van der Waals surface area contributed by atoms with Crippen molar-refractivity contribution in [3.05, 3.63) is 0 Å². The molecule has 0 aromatic rings. The first-order valence-corrected chi connectivity index (χ1v) is 7.44. The van der Waals surface area contributed by atoms with E-state index in [-0.39, 0.29) is 0 Å². The van der Waals surface area contributed by atoms with Crippen LogP contribution < -0.4 is 4.72 Å². The molecule has 4 nitrogen and oxygen atoms in total. The molecular formula is C10H21NO3S. The topological polar surface area (TPSA) is 55.4 Å². The van der Waals surface area contributed by atoms with E-state index in [2.05, 4.69) is 11.6 Å². The Morgan fingerprint density at radius 3 is 2.60 bits per heavy atom. The third-order valence-electron chi connectivity index (χ3n) is 2.83. The summed E-state index contributed by atoms with van der Waals surface area (Å²) >= 11 is 0. The third-order valence-corrected chi connectivity index (χ3v) is 3.56. The van der Waals surface area contributed by atoms with E-state index in [0.29, 0.717) is 25.2 Å². The summed E-state index contributed by atoms with van der Waals surface area (Å²) in [6.45, 7) is 3.05. The van der Waals surface area contributed by atoms with Crippen LogP contribution in [0.1, 0.15) is 32.6 Å². The maximum atomic E-state index is 10.8. The van der Waals surface area contributed by atoms with E-state index in [1.165, 1.54) is 19.3 Å². The molecule has 1 aliphatic rings. The van der Waals surface area contributed by atoms with Gasteiger partial charge in [0.05, 0.1) is 19.0 Å². The van der Waals surface area contributed by atoms with Crippen molar-refractivity contribution in [1.82, 2.24) is 4.72 Å². The lowest BCUT2D eigenvalue weighted by molar-refractivity contribution is -0.00175. The Morgan fingerprint density at radius 1 is 1.33 bits per heavy atom. The highest BCUT2D eigenvalue weighted by Gasteiger charge is 2.21. The van der Waals surface area contributed by atoms with Crippen LogP contribution in [0.5, 0.6) is 0 Å². The normalized spacial score (nSPS) is 27.9. The number of nitrogens with one attached hydrogen (secondary N) is 1. The van der Waals surface area contributed by atoms with Gasteiger partial charge in [-0.1, -0.05) is 19.8 Å². The summed E-state index contributed by atoms with van der Waals surface area (Å²) in [7, 11) is -3.07. The van der Waals surface area contributed by atoms with Crippen molar-refractivity contribution in [2.75, 3.05) is 19.4 Å². The molecule has 2 atom stereocenters. The molecule has 0 unspecified atom stereocenters. The first-order valence-electron chi connectivity index (χ1n) is 5.55. The average molecular weight is 235 g/mol. The summed E-state index contributed by atoms with van der Waals surface area (Å²) < 4.78 is 29.6. The SMILES string of the molecule is C[C@@H]1CCCC[C@H]1OCCNS(C)(=O)=O. The summed E-state index contributed by atoms with van der Waals surface area (Å²) in [6.07, 6.45) is 6.34. The Kier molecular flexibility index (Phi) is 5.02. The Balaban J connectivity index is 2.14. The van der Waals surface area contributed by atoms with Gasteiger partial charge in [0, 0.05) is 6.54 Å². The zero-order chi connectivity index (χ0) is 11.3. The molecule has 5 heteroatoms. The van der Waals surface area contributed by atoms with Crippen LogP contribution in [0.2, 0.25) is 0 Å². The van der Waals surface area contributed by atoms with Crippen LogP contribution in [-0.2, 0) is 14.8 Å². The summed E-state index contributed by atoms with van der Waals surface area (Å²) in [4.78, 5) is 0. The van der Waals surface area contributed by atoms with Crippen molar-refractivity contribution in [2.24, 2.45) is 5.92 Å². The van der Waals surface area contributed by atoms with Crippen molar-refractivity contribution < 1.29 is 13.2 Å². The van der Waals surface area contributed by atoms with Gasteiger partial charge in [-0.25, -0.2) is 13.1 Å². The van der Waals surface area contributed by atoms with Crippen molar-refractivity contribution in [3.8, 4) is 0 Å². The average Bonchev–Trinajstić information content (AvgIpc) is 2.13. The lowest BCUT2D eigenvalue weighted by atomic mass is 9.88. The highest BCUT2D eigenvalue weighted by Crippen LogP contribution is 2.25. The van der Waals surface area contributed by atoms with E-state index >= 15 is 0 Å². The van der Waals surface area contributed by atoms with Gasteiger partial charge in [0.1, 0.15) is 0 Å². The molecule has 1 aliphatic carbocycles. The molecule has 0 aromatic carbocycles. The molecule has 1 N–H and O–H groups in total. The number of ether oxygens (including phenoxy) is 1. The van der Waals surface area contributed by atoms with E-state index in [4.69, 9.17) is 4.74 Å². The van der Waals surface area contributed by atoms with E-state index in [1.54, 1.807) is 0 Å². The Labute approximate surface area is 92.4 Å². The van der Waals surface area contributed by atoms with Crippen LogP contribution in [0.4, 0.5) is 0 Å². The molecule has 0 amide bonds. The molecule has 0 spiro atoms. The fourth-order valence-corrected chi connectivity index (χ4v) is 2.42. The molecule has 1 fully saturated rings. The zero-order valence-electron chi connectivity index (χ0n) is 9.53. The number of hydrogen-bond acceptors (Lipinski definition) is 3. The van der Waals surface area contributed by atoms with Gasteiger partial charge in [0.2, 0.25) is 10.0 Å². The minimum atomic E-state index is -3.07. The molecule has 0 heterocycles. The summed E-state index contributed by atoms with van der Waals surface area (Å²) in [6, 6.07) is 0. The Bertz CT molecular complexity index is 276. The van der Waals surface area contributed by atoms with E-state index in [0.717, 1.165) is 12.7 Å². The van der Waals surface area contributed by atoms with Crippen molar-refractivity contribution in [1.29, 1.82) is 0 Å². The molecule has 15 heavy (non-hydrogen) atoms. The smallest absolute Gasteiger partial charge is 0.208 e. The largest absolute Gasteiger partial charge is 0.377 e. The zero-order valence-corrected chi connectivity index (χ0v) is 10.3. The van der Waals surface area contributed by atoms with Crippen molar-refractivity contribution in [2.45, 2.75) is 38.7 Å². The molecule has 90 valence electrons. The minimum Gasteiger partial charge on any atom is -0.377 e. The predicted octanol–water partition coefficient (Wildman–Crippen LogP) is 1.13. The minimum absolute atomic E-state index is 0.320.